The predicted octanol–water partition coefficient (Wildman–Crippen LogP) is 4.67. The van der Waals surface area contributed by atoms with Crippen LogP contribution in [0.1, 0.15) is 5.56 Å². The van der Waals surface area contributed by atoms with Gasteiger partial charge in [-0.2, -0.15) is 0 Å². The summed E-state index contributed by atoms with van der Waals surface area (Å²) in [6.45, 7) is 0. The maximum atomic E-state index is 12.9. The fourth-order valence-electron chi connectivity index (χ4n) is 2.44. The monoisotopic (exact) mass is 305 g/mol. The lowest BCUT2D eigenvalue weighted by atomic mass is 10.0. The average molecular weight is 305 g/mol. The van der Waals surface area contributed by atoms with Crippen LogP contribution < -0.4 is 5.32 Å². The van der Waals surface area contributed by atoms with Gasteiger partial charge in [0.05, 0.1) is 6.42 Å². The van der Waals surface area contributed by atoms with E-state index in [0.717, 1.165) is 22.4 Å². The lowest BCUT2D eigenvalue weighted by Crippen LogP contribution is -2.15. The van der Waals surface area contributed by atoms with E-state index < -0.39 is 0 Å². The minimum Gasteiger partial charge on any atom is -0.325 e. The number of hydrogen-bond donors (Lipinski definition) is 1. The van der Waals surface area contributed by atoms with E-state index >= 15 is 0 Å². The molecule has 3 aromatic carbocycles. The summed E-state index contributed by atoms with van der Waals surface area (Å²) in [5.74, 6) is -0.427. The van der Waals surface area contributed by atoms with Crippen LogP contribution in [0.15, 0.2) is 78.9 Å². The third kappa shape index (κ3) is 3.83. The number of halogens is 1. The van der Waals surface area contributed by atoms with Gasteiger partial charge in [0.25, 0.3) is 0 Å². The lowest BCUT2D eigenvalue weighted by Gasteiger charge is -2.11. The molecule has 0 atom stereocenters. The summed E-state index contributed by atoms with van der Waals surface area (Å²) in [5, 5.41) is 2.94. The summed E-state index contributed by atoms with van der Waals surface area (Å²) in [6.07, 6.45) is 0.212. The van der Waals surface area contributed by atoms with Crippen LogP contribution in [0.3, 0.4) is 0 Å². The normalized spacial score (nSPS) is 10.3. The first-order chi connectivity index (χ1) is 11.2. The van der Waals surface area contributed by atoms with Gasteiger partial charge in [-0.05, 0) is 29.3 Å². The zero-order chi connectivity index (χ0) is 16.1. The Hall–Kier alpha value is -2.94. The van der Waals surface area contributed by atoms with Crippen molar-refractivity contribution < 1.29 is 9.18 Å². The molecule has 0 aliphatic carbocycles. The highest BCUT2D eigenvalue weighted by atomic mass is 19.1. The number of benzene rings is 3. The molecule has 0 aliphatic heterocycles. The van der Waals surface area contributed by atoms with Crippen LogP contribution in [0.25, 0.3) is 11.1 Å². The van der Waals surface area contributed by atoms with E-state index in [9.17, 15) is 9.18 Å². The molecule has 0 heterocycles. The van der Waals surface area contributed by atoms with E-state index in [0.29, 0.717) is 0 Å². The summed E-state index contributed by atoms with van der Waals surface area (Å²) < 4.78 is 12.9. The third-order valence-electron chi connectivity index (χ3n) is 3.56. The molecule has 1 N–H and O–H groups in total. The highest BCUT2D eigenvalue weighted by Crippen LogP contribution is 2.27. The second-order valence-electron chi connectivity index (χ2n) is 5.26. The van der Waals surface area contributed by atoms with Gasteiger partial charge in [0.15, 0.2) is 0 Å². The number of carbonyl (C=O) groups excluding carboxylic acids is 1. The highest BCUT2D eigenvalue weighted by molar-refractivity contribution is 5.96. The van der Waals surface area contributed by atoms with Crippen LogP contribution in [0, 0.1) is 5.82 Å². The summed E-state index contributed by atoms with van der Waals surface area (Å²) in [7, 11) is 0. The highest BCUT2D eigenvalue weighted by Gasteiger charge is 2.09. The molecule has 0 unspecified atom stereocenters. The number of hydrogen-bond acceptors (Lipinski definition) is 1. The molecule has 3 rings (SSSR count). The van der Waals surface area contributed by atoms with Crippen molar-refractivity contribution >= 4 is 11.6 Å². The fourth-order valence-corrected chi connectivity index (χ4v) is 2.44. The maximum Gasteiger partial charge on any atom is 0.228 e. The standard InChI is InChI=1S/C20H16FNO/c21-17-12-10-15(11-13-17)14-20(23)22-19-9-5-4-8-18(19)16-6-2-1-3-7-16/h1-13H,14H2,(H,22,23). The third-order valence-corrected chi connectivity index (χ3v) is 3.56. The second-order valence-corrected chi connectivity index (χ2v) is 5.26. The Morgan fingerprint density at radius 3 is 2.22 bits per heavy atom. The van der Waals surface area contributed by atoms with Crippen molar-refractivity contribution in [3.05, 3.63) is 90.2 Å². The van der Waals surface area contributed by atoms with Crippen LogP contribution in [-0.4, -0.2) is 5.91 Å². The molecule has 0 spiro atoms. The van der Waals surface area contributed by atoms with Crippen LogP contribution >= 0.6 is 0 Å². The molecule has 0 bridgehead atoms. The van der Waals surface area contributed by atoms with Gasteiger partial charge < -0.3 is 5.32 Å². The van der Waals surface area contributed by atoms with Crippen LogP contribution in [0.5, 0.6) is 0 Å². The van der Waals surface area contributed by atoms with Crippen molar-refractivity contribution in [2.24, 2.45) is 0 Å². The predicted molar refractivity (Wildman–Crippen MR) is 90.6 cm³/mol. The van der Waals surface area contributed by atoms with Crippen LogP contribution in [-0.2, 0) is 11.2 Å². The largest absolute Gasteiger partial charge is 0.325 e. The SMILES string of the molecule is O=C(Cc1ccc(F)cc1)Nc1ccccc1-c1ccccc1. The Morgan fingerprint density at radius 1 is 0.826 bits per heavy atom. The van der Waals surface area contributed by atoms with Gasteiger partial charge >= 0.3 is 0 Å². The van der Waals surface area contributed by atoms with E-state index in [1.807, 2.05) is 54.6 Å². The summed E-state index contributed by atoms with van der Waals surface area (Å²) >= 11 is 0. The van der Waals surface area contributed by atoms with Crippen molar-refractivity contribution in [3.63, 3.8) is 0 Å². The first-order valence-corrected chi connectivity index (χ1v) is 7.41. The topological polar surface area (TPSA) is 29.1 Å². The Balaban J connectivity index is 1.78. The van der Waals surface area contributed by atoms with Gasteiger partial charge in [-0.1, -0.05) is 60.7 Å². The minimum absolute atomic E-state index is 0.125. The first-order valence-electron chi connectivity index (χ1n) is 7.41. The van der Waals surface area contributed by atoms with E-state index in [4.69, 9.17) is 0 Å². The average Bonchev–Trinajstić information content (AvgIpc) is 2.58. The number of anilines is 1. The molecule has 0 saturated heterocycles. The molecule has 23 heavy (non-hydrogen) atoms. The lowest BCUT2D eigenvalue weighted by molar-refractivity contribution is -0.115. The Labute approximate surface area is 134 Å². The second kappa shape index (κ2) is 6.88. The Bertz CT molecular complexity index is 797. The van der Waals surface area contributed by atoms with Crippen molar-refractivity contribution in [2.75, 3.05) is 5.32 Å². The summed E-state index contributed by atoms with van der Waals surface area (Å²) in [4.78, 5) is 12.2. The van der Waals surface area contributed by atoms with Crippen molar-refractivity contribution in [2.45, 2.75) is 6.42 Å². The van der Waals surface area contributed by atoms with E-state index in [2.05, 4.69) is 5.32 Å². The van der Waals surface area contributed by atoms with Crippen molar-refractivity contribution in [1.29, 1.82) is 0 Å². The van der Waals surface area contributed by atoms with E-state index in [1.165, 1.54) is 12.1 Å². The number of nitrogens with one attached hydrogen (secondary N) is 1. The first kappa shape index (κ1) is 15.0. The minimum atomic E-state index is -0.302. The molecule has 114 valence electrons. The van der Waals surface area contributed by atoms with Gasteiger partial charge in [-0.25, -0.2) is 4.39 Å². The molecule has 0 saturated carbocycles. The quantitative estimate of drug-likeness (QED) is 0.745. The number of rotatable bonds is 4. The molecule has 1 amide bonds. The van der Waals surface area contributed by atoms with Gasteiger partial charge in [-0.3, -0.25) is 4.79 Å². The van der Waals surface area contributed by atoms with Crippen molar-refractivity contribution in [3.8, 4) is 11.1 Å². The molecular weight excluding hydrogens is 289 g/mol. The molecule has 0 fully saturated rings. The number of para-hydroxylation sites is 1. The Morgan fingerprint density at radius 2 is 1.48 bits per heavy atom. The van der Waals surface area contributed by atoms with Crippen molar-refractivity contribution in [1.82, 2.24) is 0 Å². The zero-order valence-electron chi connectivity index (χ0n) is 12.5. The zero-order valence-corrected chi connectivity index (χ0v) is 12.5. The molecule has 0 radical (unpaired) electrons. The molecule has 0 aromatic heterocycles. The summed E-state index contributed by atoms with van der Waals surface area (Å²) in [6, 6.07) is 23.6. The molecule has 0 aliphatic rings. The van der Waals surface area contributed by atoms with Crippen LogP contribution in [0.4, 0.5) is 10.1 Å². The van der Waals surface area contributed by atoms with E-state index in [1.54, 1.807) is 12.1 Å². The number of amides is 1. The summed E-state index contributed by atoms with van der Waals surface area (Å²) in [5.41, 5.74) is 3.57. The van der Waals surface area contributed by atoms with Gasteiger partial charge in [0.1, 0.15) is 5.82 Å². The number of carbonyl (C=O) groups is 1. The molecule has 3 heteroatoms. The van der Waals surface area contributed by atoms with Crippen LogP contribution in [0.2, 0.25) is 0 Å². The molecule has 2 nitrogen and oxygen atoms in total. The molecular formula is C20H16FNO. The molecule has 3 aromatic rings. The fraction of sp³-hybridized carbons (Fsp3) is 0.0500. The van der Waals surface area contributed by atoms with Gasteiger partial charge in [0, 0.05) is 11.3 Å². The van der Waals surface area contributed by atoms with Gasteiger partial charge in [0.2, 0.25) is 5.91 Å². The Kier molecular flexibility index (Phi) is 4.48. The van der Waals surface area contributed by atoms with E-state index in [-0.39, 0.29) is 18.1 Å². The smallest absolute Gasteiger partial charge is 0.228 e. The van der Waals surface area contributed by atoms with Gasteiger partial charge in [-0.15, -0.1) is 0 Å². The maximum absolute atomic E-state index is 12.9.